The molecule has 0 aliphatic rings. The molecule has 1 heterocycles. The Kier molecular flexibility index (Phi) is 21.1. The van der Waals surface area contributed by atoms with E-state index >= 15 is 0 Å². The van der Waals surface area contributed by atoms with Crippen molar-refractivity contribution in [1.82, 2.24) is 31.5 Å². The van der Waals surface area contributed by atoms with Gasteiger partial charge < -0.3 is 35.8 Å². The fourth-order valence-electron chi connectivity index (χ4n) is 5.24. The van der Waals surface area contributed by atoms with Crippen LogP contribution in [-0.2, 0) is 41.9 Å². The van der Waals surface area contributed by atoms with Crippen LogP contribution in [0, 0.1) is 27.6 Å². The van der Waals surface area contributed by atoms with Crippen LogP contribution in [0.4, 0.5) is 14.7 Å². The van der Waals surface area contributed by atoms with Crippen LogP contribution in [-0.4, -0.2) is 75.3 Å². The second-order valence-electron chi connectivity index (χ2n) is 15.0. The number of carboxylic acids is 1. The van der Waals surface area contributed by atoms with E-state index in [4.69, 9.17) is 21.7 Å². The summed E-state index contributed by atoms with van der Waals surface area (Å²) in [5.74, 6) is -2.73. The lowest BCUT2D eigenvalue weighted by atomic mass is 10.00. The lowest BCUT2D eigenvalue weighted by Crippen LogP contribution is -2.54. The minimum Gasteiger partial charge on any atom is -0.480 e. The minimum atomic E-state index is -1.11. The van der Waals surface area contributed by atoms with Gasteiger partial charge in [0.2, 0.25) is 22.9 Å². The molecule has 318 valence electrons. The Morgan fingerprint density at radius 3 is 1.41 bits per heavy atom. The first-order valence-electron chi connectivity index (χ1n) is 19.0. The van der Waals surface area contributed by atoms with Crippen LogP contribution in [0.2, 0.25) is 0 Å². The summed E-state index contributed by atoms with van der Waals surface area (Å²) < 4.78 is 10.8. The molecule has 58 heavy (non-hydrogen) atoms. The minimum absolute atomic E-state index is 0.0897. The number of nitrogens with zero attached hydrogens (tertiary/aromatic N) is 1. The fraction of sp³-hybridized carbons (Fsp3) is 0.500. The van der Waals surface area contributed by atoms with Gasteiger partial charge in [-0.2, -0.15) is 0 Å². The van der Waals surface area contributed by atoms with Gasteiger partial charge in [-0.3, -0.25) is 24.8 Å². The third kappa shape index (κ3) is 18.7. The number of benzene rings is 2. The Balaban J connectivity index is 0.000000409. The molecule has 4 unspecified atom stereocenters. The van der Waals surface area contributed by atoms with Crippen LogP contribution < -0.4 is 26.6 Å². The number of carboxylic acid groups (broad SMARTS) is 1. The third-order valence-corrected chi connectivity index (χ3v) is 9.21. The van der Waals surface area contributed by atoms with Crippen molar-refractivity contribution < 1.29 is 43.3 Å². The van der Waals surface area contributed by atoms with E-state index in [0.29, 0.717) is 21.9 Å². The second kappa shape index (κ2) is 25.1. The van der Waals surface area contributed by atoms with Gasteiger partial charge in [0.25, 0.3) is 0 Å². The van der Waals surface area contributed by atoms with Gasteiger partial charge in [-0.25, -0.2) is 14.4 Å². The van der Waals surface area contributed by atoms with Crippen molar-refractivity contribution in [1.29, 1.82) is 0 Å². The summed E-state index contributed by atoms with van der Waals surface area (Å²) in [4.78, 5) is 73.7. The molecule has 0 spiro atoms. The molecule has 7 N–H and O–H groups in total. The topological polar surface area (TPSA) is 230 Å². The van der Waals surface area contributed by atoms with Crippen molar-refractivity contribution in [2.24, 2.45) is 23.7 Å². The summed E-state index contributed by atoms with van der Waals surface area (Å²) in [5, 5.41) is 29.1. The molecule has 0 aliphatic carbocycles. The van der Waals surface area contributed by atoms with Gasteiger partial charge in [-0.05, 0) is 59.9 Å². The molecule has 0 bridgehead atoms. The number of aromatic nitrogens is 2. The van der Waals surface area contributed by atoms with Crippen LogP contribution in [0.15, 0.2) is 60.7 Å². The SMILES string of the molecule is CC(C)CC(NC(=O)OCc1ccccc1)C(=O)NC(C(=O)Nc1n[nH]c(=S)s1)C(C)C.CC(C)CC(NC(=O)OCc1ccccc1)C(=O)NC(C(=O)O)C(C)C. The zero-order chi connectivity index (χ0) is 43.4. The number of carbonyl (C=O) groups is 6. The number of hydrogen-bond donors (Lipinski definition) is 7. The summed E-state index contributed by atoms with van der Waals surface area (Å²) in [5.41, 5.74) is 1.67. The van der Waals surface area contributed by atoms with Crippen LogP contribution >= 0.6 is 23.6 Å². The Morgan fingerprint density at radius 2 is 1.07 bits per heavy atom. The van der Waals surface area contributed by atoms with E-state index in [0.717, 1.165) is 22.5 Å². The first-order valence-corrected chi connectivity index (χ1v) is 20.2. The molecule has 3 rings (SSSR count). The zero-order valence-corrected chi connectivity index (χ0v) is 35.8. The van der Waals surface area contributed by atoms with Gasteiger partial charge in [0, 0.05) is 0 Å². The molecule has 1 aromatic heterocycles. The van der Waals surface area contributed by atoms with Gasteiger partial charge in [0.05, 0.1) is 0 Å². The van der Waals surface area contributed by atoms with Gasteiger partial charge >= 0.3 is 18.2 Å². The van der Waals surface area contributed by atoms with E-state index in [2.05, 4.69) is 36.8 Å². The Labute approximate surface area is 348 Å². The summed E-state index contributed by atoms with van der Waals surface area (Å²) in [6.45, 7) is 14.9. The van der Waals surface area contributed by atoms with Gasteiger partial charge in [0.15, 0.2) is 3.95 Å². The third-order valence-electron chi connectivity index (χ3n) is 8.20. The number of aromatic amines is 1. The Morgan fingerprint density at radius 1 is 0.655 bits per heavy atom. The maximum atomic E-state index is 13.0. The van der Waals surface area contributed by atoms with E-state index in [-0.39, 0.29) is 36.9 Å². The van der Waals surface area contributed by atoms with Crippen molar-refractivity contribution in [2.75, 3.05) is 5.32 Å². The molecule has 0 aliphatic heterocycles. The van der Waals surface area contributed by atoms with E-state index in [9.17, 15) is 33.9 Å². The van der Waals surface area contributed by atoms with Crippen molar-refractivity contribution in [2.45, 2.75) is 106 Å². The summed E-state index contributed by atoms with van der Waals surface area (Å²) in [6, 6.07) is 14.9. The Bertz CT molecular complexity index is 1820. The second-order valence-corrected chi connectivity index (χ2v) is 16.6. The number of aliphatic carboxylic acids is 1. The molecule has 16 nitrogen and oxygen atoms in total. The summed E-state index contributed by atoms with van der Waals surface area (Å²) in [6.07, 6.45) is -0.654. The first-order chi connectivity index (χ1) is 27.4. The maximum absolute atomic E-state index is 13.0. The normalized spacial score (nSPS) is 13.0. The average molecular weight is 844 g/mol. The number of alkyl carbamates (subject to hydrolysis) is 2. The quantitative estimate of drug-likeness (QED) is 0.0675. The highest BCUT2D eigenvalue weighted by Gasteiger charge is 2.31. The summed E-state index contributed by atoms with van der Waals surface area (Å²) in [7, 11) is 0. The molecule has 4 atom stereocenters. The molecular weight excluding hydrogens is 787 g/mol. The number of amides is 5. The van der Waals surface area contributed by atoms with Crippen LogP contribution in [0.3, 0.4) is 0 Å². The lowest BCUT2D eigenvalue weighted by molar-refractivity contribution is -0.143. The average Bonchev–Trinajstić information content (AvgIpc) is 3.57. The molecule has 0 saturated heterocycles. The molecule has 0 fully saturated rings. The smallest absolute Gasteiger partial charge is 0.408 e. The number of anilines is 1. The molecular formula is C40H57N7O9S2. The Hall–Kier alpha value is -5.36. The number of H-pyrrole nitrogens is 1. The van der Waals surface area contributed by atoms with Gasteiger partial charge in [0.1, 0.15) is 37.4 Å². The molecule has 3 aromatic rings. The number of hydrogen-bond acceptors (Lipinski definition) is 11. The molecule has 5 amide bonds. The predicted octanol–water partition coefficient (Wildman–Crippen LogP) is 6.17. The maximum Gasteiger partial charge on any atom is 0.408 e. The molecule has 0 radical (unpaired) electrons. The van der Waals surface area contributed by atoms with Crippen molar-refractivity contribution in [3.63, 3.8) is 0 Å². The highest BCUT2D eigenvalue weighted by molar-refractivity contribution is 7.73. The van der Waals surface area contributed by atoms with Crippen molar-refractivity contribution in [3.05, 3.63) is 75.7 Å². The molecule has 0 saturated carbocycles. The lowest BCUT2D eigenvalue weighted by Gasteiger charge is -2.25. The van der Waals surface area contributed by atoms with Crippen LogP contribution in [0.25, 0.3) is 0 Å². The highest BCUT2D eigenvalue weighted by atomic mass is 32.1. The van der Waals surface area contributed by atoms with Crippen LogP contribution in [0.1, 0.15) is 79.4 Å². The molecule has 18 heteroatoms. The van der Waals surface area contributed by atoms with E-state index in [1.54, 1.807) is 13.8 Å². The van der Waals surface area contributed by atoms with Crippen LogP contribution in [0.5, 0.6) is 0 Å². The van der Waals surface area contributed by atoms with Gasteiger partial charge in [-0.1, -0.05) is 127 Å². The van der Waals surface area contributed by atoms with Crippen molar-refractivity contribution >= 4 is 64.6 Å². The van der Waals surface area contributed by atoms with Gasteiger partial charge in [-0.15, -0.1) is 5.10 Å². The number of rotatable bonds is 19. The first kappa shape index (κ1) is 48.8. The zero-order valence-electron chi connectivity index (χ0n) is 34.2. The number of ether oxygens (including phenoxy) is 2. The fourth-order valence-corrected chi connectivity index (χ4v) is 6.03. The monoisotopic (exact) mass is 843 g/mol. The van der Waals surface area contributed by atoms with E-state index < -0.39 is 60.0 Å². The highest BCUT2D eigenvalue weighted by Crippen LogP contribution is 2.14. The standard InChI is InChI=1S/C21H29N5O4S2.C19H28N2O5/c1-12(2)10-15(22-20(29)30-11-14-8-6-5-7-9-14)17(27)23-16(13(3)4)18(28)24-19-25-26-21(31)32-19;1-12(2)10-15(17(22)21-16(13(3)4)18(23)24)20-19(25)26-11-14-8-6-5-7-9-14/h5-9,12-13,15-16H,10-11H2,1-4H3,(H,22,29)(H,23,27)(H,26,31)(H,24,25,28);5-9,12-13,15-16H,10-11H2,1-4H3,(H,20,25)(H,21,22)(H,23,24). The van der Waals surface area contributed by atoms with Crippen molar-refractivity contribution in [3.8, 4) is 0 Å². The number of carbonyl (C=O) groups excluding carboxylic acids is 5. The van der Waals surface area contributed by atoms with E-state index in [1.165, 1.54) is 0 Å². The number of nitrogens with one attached hydrogen (secondary N) is 6. The van der Waals surface area contributed by atoms with E-state index in [1.807, 2.05) is 102 Å². The molecule has 2 aromatic carbocycles. The summed E-state index contributed by atoms with van der Waals surface area (Å²) >= 11 is 6.09. The predicted molar refractivity (Wildman–Crippen MR) is 223 cm³/mol. The largest absolute Gasteiger partial charge is 0.480 e.